The van der Waals surface area contributed by atoms with Gasteiger partial charge in [-0.3, -0.25) is 4.79 Å². The fourth-order valence-electron chi connectivity index (χ4n) is 2.25. The molecule has 104 valence electrons. The normalized spacial score (nSPS) is 18.5. The van der Waals surface area contributed by atoms with Gasteiger partial charge in [-0.15, -0.1) is 10.2 Å². The van der Waals surface area contributed by atoms with Gasteiger partial charge in [-0.25, -0.2) is 4.98 Å². The van der Waals surface area contributed by atoms with Crippen molar-refractivity contribution < 1.29 is 9.18 Å². The standard InChI is InChI=1S/C11H10ClFN6O/c12-8-7(1-3-14-9(8)13)11(20)19-4-2-6(5-19)10-15-17-18-16-10/h1,3,6H,2,4-5H2,(H,15,16,17,18). The van der Waals surface area contributed by atoms with Crippen LogP contribution in [0.1, 0.15) is 28.5 Å². The first-order valence-corrected chi connectivity index (χ1v) is 6.37. The fraction of sp³-hybridized carbons (Fsp3) is 0.364. The number of aromatic amines is 1. The van der Waals surface area contributed by atoms with Crippen LogP contribution >= 0.6 is 11.6 Å². The molecule has 1 amide bonds. The maximum atomic E-state index is 13.3. The van der Waals surface area contributed by atoms with E-state index in [4.69, 9.17) is 11.6 Å². The summed E-state index contributed by atoms with van der Waals surface area (Å²) in [6, 6.07) is 1.41. The van der Waals surface area contributed by atoms with Gasteiger partial charge in [-0.05, 0) is 12.5 Å². The molecule has 0 bridgehead atoms. The van der Waals surface area contributed by atoms with Crippen LogP contribution in [0.2, 0.25) is 5.02 Å². The second kappa shape index (κ2) is 5.12. The minimum absolute atomic E-state index is 0.0307. The van der Waals surface area contributed by atoms with Crippen molar-refractivity contribution in [2.24, 2.45) is 0 Å². The number of carbonyl (C=O) groups is 1. The number of nitrogens with one attached hydrogen (secondary N) is 1. The minimum Gasteiger partial charge on any atom is -0.338 e. The third-order valence-electron chi connectivity index (χ3n) is 3.28. The number of carbonyl (C=O) groups excluding carboxylic acids is 1. The van der Waals surface area contributed by atoms with E-state index in [2.05, 4.69) is 25.6 Å². The van der Waals surface area contributed by atoms with Crippen LogP contribution in [0.4, 0.5) is 4.39 Å². The molecule has 1 unspecified atom stereocenters. The number of hydrogen-bond donors (Lipinski definition) is 1. The van der Waals surface area contributed by atoms with Crippen molar-refractivity contribution in [1.29, 1.82) is 0 Å². The topological polar surface area (TPSA) is 87.7 Å². The lowest BCUT2D eigenvalue weighted by molar-refractivity contribution is 0.0790. The van der Waals surface area contributed by atoms with Crippen molar-refractivity contribution in [3.63, 3.8) is 0 Å². The number of hydrogen-bond acceptors (Lipinski definition) is 5. The van der Waals surface area contributed by atoms with Crippen LogP contribution in [0.3, 0.4) is 0 Å². The smallest absolute Gasteiger partial charge is 0.255 e. The third-order valence-corrected chi connectivity index (χ3v) is 3.64. The quantitative estimate of drug-likeness (QED) is 0.836. The van der Waals surface area contributed by atoms with Crippen LogP contribution in [0.15, 0.2) is 12.3 Å². The van der Waals surface area contributed by atoms with Gasteiger partial charge in [0.15, 0.2) is 5.82 Å². The van der Waals surface area contributed by atoms with E-state index in [-0.39, 0.29) is 22.4 Å². The molecule has 20 heavy (non-hydrogen) atoms. The average Bonchev–Trinajstić information content (AvgIpc) is 3.11. The highest BCUT2D eigenvalue weighted by atomic mass is 35.5. The first-order valence-electron chi connectivity index (χ1n) is 5.99. The van der Waals surface area contributed by atoms with Crippen LogP contribution in [-0.4, -0.2) is 49.5 Å². The Balaban J connectivity index is 1.77. The number of halogens is 2. The van der Waals surface area contributed by atoms with Crippen LogP contribution in [0, 0.1) is 5.95 Å². The summed E-state index contributed by atoms with van der Waals surface area (Å²) in [4.78, 5) is 17.3. The molecule has 0 aliphatic carbocycles. The van der Waals surface area contributed by atoms with E-state index in [1.165, 1.54) is 12.3 Å². The van der Waals surface area contributed by atoms with Crippen LogP contribution in [0.25, 0.3) is 0 Å². The van der Waals surface area contributed by atoms with Crippen molar-refractivity contribution in [2.45, 2.75) is 12.3 Å². The Hall–Kier alpha value is -2.09. The highest BCUT2D eigenvalue weighted by Gasteiger charge is 2.31. The van der Waals surface area contributed by atoms with Gasteiger partial charge in [-0.2, -0.15) is 9.60 Å². The van der Waals surface area contributed by atoms with Crippen molar-refractivity contribution in [2.75, 3.05) is 13.1 Å². The van der Waals surface area contributed by atoms with E-state index < -0.39 is 5.95 Å². The van der Waals surface area contributed by atoms with Gasteiger partial charge in [0.25, 0.3) is 5.91 Å². The number of likely N-dealkylation sites (tertiary alicyclic amines) is 1. The number of tetrazole rings is 1. The first kappa shape index (κ1) is 12.9. The van der Waals surface area contributed by atoms with Gasteiger partial charge in [-0.1, -0.05) is 16.8 Å². The van der Waals surface area contributed by atoms with Crippen molar-refractivity contribution in [1.82, 2.24) is 30.5 Å². The van der Waals surface area contributed by atoms with Crippen LogP contribution in [0.5, 0.6) is 0 Å². The summed E-state index contributed by atoms with van der Waals surface area (Å²) in [6.45, 7) is 0.997. The summed E-state index contributed by atoms with van der Waals surface area (Å²) in [5.74, 6) is -0.552. The second-order valence-corrected chi connectivity index (χ2v) is 4.85. The summed E-state index contributed by atoms with van der Waals surface area (Å²) in [5.41, 5.74) is 0.118. The molecule has 1 aliphatic rings. The van der Waals surface area contributed by atoms with Crippen LogP contribution in [-0.2, 0) is 0 Å². The second-order valence-electron chi connectivity index (χ2n) is 4.47. The molecule has 3 rings (SSSR count). The Kier molecular flexibility index (Phi) is 3.31. The van der Waals surface area contributed by atoms with E-state index >= 15 is 0 Å². The monoisotopic (exact) mass is 296 g/mol. The van der Waals surface area contributed by atoms with Gasteiger partial charge in [0, 0.05) is 25.2 Å². The minimum atomic E-state index is -0.841. The number of amides is 1. The highest BCUT2D eigenvalue weighted by molar-refractivity contribution is 6.33. The van der Waals surface area contributed by atoms with Crippen molar-refractivity contribution in [3.8, 4) is 0 Å². The van der Waals surface area contributed by atoms with Crippen molar-refractivity contribution >= 4 is 17.5 Å². The van der Waals surface area contributed by atoms with Gasteiger partial charge in [0.2, 0.25) is 5.95 Å². The predicted molar refractivity (Wildman–Crippen MR) is 66.6 cm³/mol. The molecular weight excluding hydrogens is 287 g/mol. The summed E-state index contributed by atoms with van der Waals surface area (Å²) >= 11 is 5.78. The molecule has 0 saturated carbocycles. The molecule has 3 heterocycles. The first-order chi connectivity index (χ1) is 9.66. The molecule has 7 nitrogen and oxygen atoms in total. The van der Waals surface area contributed by atoms with E-state index in [1.54, 1.807) is 4.90 Å². The highest BCUT2D eigenvalue weighted by Crippen LogP contribution is 2.27. The Morgan fingerprint density at radius 2 is 2.40 bits per heavy atom. The Labute approximate surface area is 118 Å². The lowest BCUT2D eigenvalue weighted by Crippen LogP contribution is -2.29. The zero-order valence-corrected chi connectivity index (χ0v) is 11.0. The molecule has 1 aliphatic heterocycles. The Morgan fingerprint density at radius 3 is 3.15 bits per heavy atom. The predicted octanol–water partition coefficient (Wildman–Crippen LogP) is 1.02. The lowest BCUT2D eigenvalue weighted by atomic mass is 10.1. The zero-order chi connectivity index (χ0) is 14.1. The number of rotatable bonds is 2. The SMILES string of the molecule is O=C(c1ccnc(F)c1Cl)N1CCC(c2nn[nH]n2)C1. The van der Waals surface area contributed by atoms with Crippen molar-refractivity contribution in [3.05, 3.63) is 34.6 Å². The lowest BCUT2D eigenvalue weighted by Gasteiger charge is -2.16. The van der Waals surface area contributed by atoms with Gasteiger partial charge >= 0.3 is 0 Å². The van der Waals surface area contributed by atoms with Gasteiger partial charge in [0.05, 0.1) is 5.56 Å². The van der Waals surface area contributed by atoms with E-state index in [1.807, 2.05) is 0 Å². The largest absolute Gasteiger partial charge is 0.338 e. The summed E-state index contributed by atoms with van der Waals surface area (Å²) in [6.07, 6.45) is 1.96. The number of nitrogens with zero attached hydrogens (tertiary/aromatic N) is 5. The number of pyridine rings is 1. The summed E-state index contributed by atoms with van der Waals surface area (Å²) < 4.78 is 13.3. The summed E-state index contributed by atoms with van der Waals surface area (Å²) in [5, 5.41) is 13.5. The number of aromatic nitrogens is 5. The van der Waals surface area contributed by atoms with E-state index in [0.29, 0.717) is 18.9 Å². The zero-order valence-electron chi connectivity index (χ0n) is 10.3. The number of H-pyrrole nitrogens is 1. The molecule has 2 aromatic rings. The molecular formula is C11H10ClFN6O. The van der Waals surface area contributed by atoms with Gasteiger partial charge < -0.3 is 4.90 Å². The third kappa shape index (κ3) is 2.22. The van der Waals surface area contributed by atoms with Gasteiger partial charge in [0.1, 0.15) is 5.02 Å². The molecule has 1 atom stereocenters. The fourth-order valence-corrected chi connectivity index (χ4v) is 2.44. The molecule has 9 heteroatoms. The molecule has 2 aromatic heterocycles. The molecule has 0 aromatic carbocycles. The summed E-state index contributed by atoms with van der Waals surface area (Å²) in [7, 11) is 0. The molecule has 0 radical (unpaired) electrons. The van der Waals surface area contributed by atoms with E-state index in [9.17, 15) is 9.18 Å². The average molecular weight is 297 g/mol. The molecule has 1 saturated heterocycles. The molecule has 1 N–H and O–H groups in total. The van der Waals surface area contributed by atoms with E-state index in [0.717, 1.165) is 6.42 Å². The van der Waals surface area contributed by atoms with Crippen LogP contribution < -0.4 is 0 Å². The molecule has 1 fully saturated rings. The maximum absolute atomic E-state index is 13.3. The molecule has 0 spiro atoms. The Morgan fingerprint density at radius 1 is 1.55 bits per heavy atom. The Bertz CT molecular complexity index is 634. The maximum Gasteiger partial charge on any atom is 0.255 e.